The molecule has 1 aromatic heterocycles. The van der Waals surface area contributed by atoms with Crippen molar-refractivity contribution in [1.82, 2.24) is 15.2 Å². The third-order valence-corrected chi connectivity index (χ3v) is 15.2. The zero-order chi connectivity index (χ0) is 36.9. The van der Waals surface area contributed by atoms with Crippen molar-refractivity contribution >= 4 is 26.9 Å². The van der Waals surface area contributed by atoms with Gasteiger partial charge in [0.25, 0.3) is 5.92 Å². The van der Waals surface area contributed by atoms with Gasteiger partial charge >= 0.3 is 0 Å². The van der Waals surface area contributed by atoms with Crippen molar-refractivity contribution in [2.45, 2.75) is 73.7 Å². The molecular weight excluding hydrogens is 692 g/mol. The maximum Gasteiger partial charge on any atom is 0.284 e. The van der Waals surface area contributed by atoms with E-state index in [4.69, 9.17) is 4.18 Å². The van der Waals surface area contributed by atoms with Crippen LogP contribution in [0.15, 0.2) is 85.0 Å². The lowest BCUT2D eigenvalue weighted by atomic mass is 9.91. The minimum atomic E-state index is -3.34. The summed E-state index contributed by atoms with van der Waals surface area (Å²) in [7, 11) is -2.18. The molecule has 0 radical (unpaired) electrons. The Morgan fingerprint density at radius 2 is 1.60 bits per heavy atom. The van der Waals surface area contributed by atoms with Crippen molar-refractivity contribution < 1.29 is 26.1 Å². The number of hydrogen-bond acceptors (Lipinski definition) is 4. The molecule has 282 valence electrons. The summed E-state index contributed by atoms with van der Waals surface area (Å²) in [6, 6.07) is 8.92. The van der Waals surface area contributed by atoms with E-state index in [1.807, 2.05) is 48.6 Å². The smallest absolute Gasteiger partial charge is 0.284 e. The fraction of sp³-hybridized carbons (Fsp3) is 0.463. The van der Waals surface area contributed by atoms with Gasteiger partial charge in [0.1, 0.15) is 18.2 Å². The number of fused-ring (bicyclic) bond motifs is 3. The maximum atomic E-state index is 16.6. The van der Waals surface area contributed by atoms with E-state index < -0.39 is 58.5 Å². The van der Waals surface area contributed by atoms with Gasteiger partial charge in [0.2, 0.25) is 0 Å². The van der Waals surface area contributed by atoms with E-state index in [-0.39, 0.29) is 28.3 Å². The SMILES string of the molecule is CC(C)(C)S(OCC(F)(F)CN1CCc2c([nH]c3ccccc23)C1c1c(F)cc(NCCNCCCF)cc1F)(C1C=CC=CC1)C1C=CC=CC1. The molecule has 2 aromatic carbocycles. The Balaban J connectivity index is 1.30. The summed E-state index contributed by atoms with van der Waals surface area (Å²) in [5, 5.41) is 6.90. The Hall–Kier alpha value is -3.38. The van der Waals surface area contributed by atoms with Crippen molar-refractivity contribution in [2.75, 3.05) is 51.3 Å². The second-order valence-electron chi connectivity index (χ2n) is 14.8. The van der Waals surface area contributed by atoms with Crippen LogP contribution in [0.1, 0.15) is 62.9 Å². The molecule has 11 heteroatoms. The molecular formula is C41H51F5N4OS. The topological polar surface area (TPSA) is 52.3 Å². The molecule has 0 saturated carbocycles. The monoisotopic (exact) mass is 742 g/mol. The van der Waals surface area contributed by atoms with Crippen LogP contribution < -0.4 is 10.6 Å². The quantitative estimate of drug-likeness (QED) is 0.107. The third kappa shape index (κ3) is 8.07. The summed E-state index contributed by atoms with van der Waals surface area (Å²) in [6.07, 6.45) is 18.6. The second kappa shape index (κ2) is 16.3. The number of H-pyrrole nitrogens is 1. The van der Waals surface area contributed by atoms with E-state index in [1.54, 1.807) is 0 Å². The molecule has 5 nitrogen and oxygen atoms in total. The molecule has 0 bridgehead atoms. The first kappa shape index (κ1) is 38.3. The predicted octanol–water partition coefficient (Wildman–Crippen LogP) is 9.69. The minimum absolute atomic E-state index is 0.0488. The summed E-state index contributed by atoms with van der Waals surface area (Å²) in [5.41, 5.74) is 2.15. The van der Waals surface area contributed by atoms with Gasteiger partial charge in [-0.25, -0.2) is 17.6 Å². The van der Waals surface area contributed by atoms with Gasteiger partial charge in [0.05, 0.1) is 19.3 Å². The minimum Gasteiger partial charge on any atom is -0.384 e. The number of hydrogen-bond donors (Lipinski definition) is 3. The Labute approximate surface area is 306 Å². The molecule has 2 heterocycles. The number of para-hydroxylation sites is 1. The van der Waals surface area contributed by atoms with Crippen LogP contribution in [-0.4, -0.2) is 77.1 Å². The van der Waals surface area contributed by atoms with Crippen LogP contribution in [0, 0.1) is 11.6 Å². The number of nitrogens with zero attached hydrogens (tertiary/aromatic N) is 1. The molecule has 0 fully saturated rings. The number of rotatable bonds is 15. The van der Waals surface area contributed by atoms with Crippen molar-refractivity contribution in [2.24, 2.45) is 0 Å². The van der Waals surface area contributed by atoms with Gasteiger partial charge in [0.15, 0.2) is 0 Å². The van der Waals surface area contributed by atoms with E-state index in [9.17, 15) is 4.39 Å². The lowest BCUT2D eigenvalue weighted by Gasteiger charge is -2.58. The van der Waals surface area contributed by atoms with Gasteiger partial charge in [-0.3, -0.25) is 9.29 Å². The third-order valence-electron chi connectivity index (χ3n) is 10.2. The van der Waals surface area contributed by atoms with Crippen LogP contribution in [0.25, 0.3) is 10.9 Å². The number of aromatic nitrogens is 1. The molecule has 6 rings (SSSR count). The Kier molecular flexibility index (Phi) is 12.0. The molecule has 1 aliphatic heterocycles. The van der Waals surface area contributed by atoms with Gasteiger partial charge in [-0.2, -0.15) is 0 Å². The molecule has 3 atom stereocenters. The van der Waals surface area contributed by atoms with Crippen LogP contribution in [0.3, 0.4) is 0 Å². The van der Waals surface area contributed by atoms with E-state index in [0.717, 1.165) is 16.5 Å². The van der Waals surface area contributed by atoms with Crippen LogP contribution in [0.5, 0.6) is 0 Å². The van der Waals surface area contributed by atoms with Crippen LogP contribution in [0.2, 0.25) is 0 Å². The highest BCUT2D eigenvalue weighted by molar-refractivity contribution is 8.32. The van der Waals surface area contributed by atoms with E-state index in [2.05, 4.69) is 60.7 Å². The number of benzene rings is 2. The zero-order valence-electron chi connectivity index (χ0n) is 30.2. The highest BCUT2D eigenvalue weighted by Gasteiger charge is 2.50. The summed E-state index contributed by atoms with van der Waals surface area (Å²) >= 11 is 0. The number of nitrogens with one attached hydrogen (secondary N) is 3. The van der Waals surface area contributed by atoms with Crippen molar-refractivity contribution in [3.05, 3.63) is 113 Å². The molecule has 3 aliphatic rings. The molecule has 3 unspecified atom stereocenters. The average Bonchev–Trinajstić information content (AvgIpc) is 3.49. The summed E-state index contributed by atoms with van der Waals surface area (Å²) < 4.78 is 84.2. The first-order chi connectivity index (χ1) is 24.9. The van der Waals surface area contributed by atoms with Crippen LogP contribution in [-0.2, 0) is 10.6 Å². The fourth-order valence-electron chi connectivity index (χ4n) is 7.99. The number of anilines is 1. The van der Waals surface area contributed by atoms with Gasteiger partial charge in [-0.05, 0) is 56.0 Å². The van der Waals surface area contributed by atoms with Gasteiger partial charge in [-0.15, -0.1) is 10.3 Å². The molecule has 3 aromatic rings. The van der Waals surface area contributed by atoms with Gasteiger partial charge < -0.3 is 19.8 Å². The lowest BCUT2D eigenvalue weighted by molar-refractivity contribution is -0.0702. The van der Waals surface area contributed by atoms with E-state index >= 15 is 17.6 Å². The number of halogens is 5. The molecule has 0 saturated heterocycles. The Bertz CT molecular complexity index is 1760. The van der Waals surface area contributed by atoms with Crippen molar-refractivity contribution in [3.8, 4) is 0 Å². The number of alkyl halides is 3. The molecule has 52 heavy (non-hydrogen) atoms. The van der Waals surface area contributed by atoms with Crippen molar-refractivity contribution in [3.63, 3.8) is 0 Å². The second-order valence-corrected chi connectivity index (χ2v) is 18.8. The van der Waals surface area contributed by atoms with Gasteiger partial charge in [-0.1, -0.05) is 87.6 Å². The standard InChI is InChI=1S/C41H51F5N4OS/c1-40(2,3)52(30-13-6-4-7-14-30,31-15-8-5-9-16-31)51-28-41(45,46)27-50-24-19-33-32-17-10-11-18-36(32)49-38(33)39(50)37-34(43)25-29(26-35(37)44)48-23-22-47-21-12-20-42/h4-11,13,15,17-18,25-26,30-31,39,47-49H,12,14,16,19-24,27-28H2,1-3H3. The molecule has 2 aliphatic carbocycles. The molecule has 3 N–H and O–H groups in total. The Morgan fingerprint density at radius 3 is 2.21 bits per heavy atom. The molecule has 0 amide bonds. The zero-order valence-corrected chi connectivity index (χ0v) is 31.1. The maximum absolute atomic E-state index is 16.6. The largest absolute Gasteiger partial charge is 0.384 e. The van der Waals surface area contributed by atoms with E-state index in [0.29, 0.717) is 51.0 Å². The summed E-state index contributed by atoms with van der Waals surface area (Å²) in [4.78, 5) is 4.85. The average molecular weight is 743 g/mol. The van der Waals surface area contributed by atoms with Crippen molar-refractivity contribution in [1.29, 1.82) is 0 Å². The lowest BCUT2D eigenvalue weighted by Crippen LogP contribution is -2.48. The highest BCUT2D eigenvalue weighted by atomic mass is 32.3. The predicted molar refractivity (Wildman–Crippen MR) is 205 cm³/mol. The number of aromatic amines is 1. The normalized spacial score (nSPS) is 22.4. The van der Waals surface area contributed by atoms with E-state index in [1.165, 1.54) is 17.0 Å². The highest BCUT2D eigenvalue weighted by Crippen LogP contribution is 2.70. The summed E-state index contributed by atoms with van der Waals surface area (Å²) in [5.74, 6) is -4.98. The first-order valence-electron chi connectivity index (χ1n) is 18.3. The van der Waals surface area contributed by atoms with Gasteiger partial charge in [0, 0.05) is 62.7 Å². The van der Waals surface area contributed by atoms with Crippen LogP contribution in [0.4, 0.5) is 27.6 Å². The molecule has 0 spiro atoms. The first-order valence-corrected chi connectivity index (χ1v) is 20.0. The fourth-order valence-corrected chi connectivity index (χ4v) is 12.8. The Morgan fingerprint density at radius 1 is 0.923 bits per heavy atom. The van der Waals surface area contributed by atoms with Crippen LogP contribution >= 0.6 is 10.3 Å². The number of allylic oxidation sites excluding steroid dienone is 6. The summed E-state index contributed by atoms with van der Waals surface area (Å²) in [6.45, 7) is 5.84.